The summed E-state index contributed by atoms with van der Waals surface area (Å²) in [4.78, 5) is 26.7. The van der Waals surface area contributed by atoms with Crippen LogP contribution in [-0.4, -0.2) is 35.0 Å². The van der Waals surface area contributed by atoms with Crippen molar-refractivity contribution in [3.63, 3.8) is 0 Å². The molecule has 1 aliphatic heterocycles. The van der Waals surface area contributed by atoms with Crippen LogP contribution < -0.4 is 5.32 Å². The molecule has 0 bridgehead atoms. The van der Waals surface area contributed by atoms with Gasteiger partial charge in [-0.1, -0.05) is 24.2 Å². The normalized spacial score (nSPS) is 15.2. The molecule has 2 heterocycles. The lowest BCUT2D eigenvalue weighted by Crippen LogP contribution is -2.41. The average molecular weight is 341 g/mol. The van der Waals surface area contributed by atoms with Crippen molar-refractivity contribution in [1.82, 2.24) is 10.1 Å². The summed E-state index contributed by atoms with van der Waals surface area (Å²) >= 11 is 0. The first kappa shape index (κ1) is 17.2. The van der Waals surface area contributed by atoms with Gasteiger partial charge in [0.05, 0.1) is 0 Å². The van der Waals surface area contributed by atoms with Gasteiger partial charge in [-0.15, -0.1) is 0 Å². The van der Waals surface area contributed by atoms with Crippen LogP contribution in [0.1, 0.15) is 41.4 Å². The summed E-state index contributed by atoms with van der Waals surface area (Å²) in [5.74, 6) is 0.965. The SMILES string of the molecule is CCc1ccc(C(=O)N2CCC(C(=O)Nc3cc(C)on3)CC2)cc1. The molecule has 1 aromatic carbocycles. The fourth-order valence-electron chi connectivity index (χ4n) is 3.06. The van der Waals surface area contributed by atoms with Crippen LogP contribution in [0.3, 0.4) is 0 Å². The van der Waals surface area contributed by atoms with Gasteiger partial charge in [0.1, 0.15) is 5.76 Å². The van der Waals surface area contributed by atoms with Crippen LogP contribution in [0.5, 0.6) is 0 Å². The third-order valence-corrected chi connectivity index (χ3v) is 4.64. The van der Waals surface area contributed by atoms with Gasteiger partial charge in [-0.3, -0.25) is 9.59 Å². The minimum absolute atomic E-state index is 0.0358. The van der Waals surface area contributed by atoms with Crippen LogP contribution in [0.25, 0.3) is 0 Å². The molecule has 2 aromatic rings. The maximum absolute atomic E-state index is 12.6. The number of carbonyl (C=O) groups excluding carboxylic acids is 2. The molecule has 2 amide bonds. The van der Waals surface area contributed by atoms with E-state index in [0.717, 1.165) is 6.42 Å². The van der Waals surface area contributed by atoms with Gasteiger partial charge in [0.15, 0.2) is 5.82 Å². The summed E-state index contributed by atoms with van der Waals surface area (Å²) in [6, 6.07) is 9.44. The van der Waals surface area contributed by atoms with Crippen LogP contribution >= 0.6 is 0 Å². The molecule has 1 saturated heterocycles. The lowest BCUT2D eigenvalue weighted by molar-refractivity contribution is -0.121. The Morgan fingerprint density at radius 1 is 1.24 bits per heavy atom. The second kappa shape index (κ2) is 7.51. The number of benzene rings is 1. The zero-order chi connectivity index (χ0) is 17.8. The second-order valence-electron chi connectivity index (χ2n) is 6.43. The number of carbonyl (C=O) groups is 2. The Morgan fingerprint density at radius 3 is 2.48 bits per heavy atom. The van der Waals surface area contributed by atoms with E-state index in [0.29, 0.717) is 43.1 Å². The van der Waals surface area contributed by atoms with Crippen LogP contribution in [0, 0.1) is 12.8 Å². The van der Waals surface area contributed by atoms with E-state index in [-0.39, 0.29) is 17.7 Å². The molecule has 0 spiro atoms. The first-order valence-electron chi connectivity index (χ1n) is 8.69. The van der Waals surface area contributed by atoms with E-state index in [9.17, 15) is 9.59 Å². The number of anilines is 1. The fourth-order valence-corrected chi connectivity index (χ4v) is 3.06. The van der Waals surface area contributed by atoms with E-state index in [4.69, 9.17) is 4.52 Å². The highest BCUT2D eigenvalue weighted by Crippen LogP contribution is 2.21. The van der Waals surface area contributed by atoms with Crippen LogP contribution in [0.2, 0.25) is 0 Å². The zero-order valence-electron chi connectivity index (χ0n) is 14.6. The average Bonchev–Trinajstić information content (AvgIpc) is 3.06. The Hall–Kier alpha value is -2.63. The van der Waals surface area contributed by atoms with Crippen LogP contribution in [0.4, 0.5) is 5.82 Å². The van der Waals surface area contributed by atoms with Gasteiger partial charge < -0.3 is 14.7 Å². The number of hydrogen-bond acceptors (Lipinski definition) is 4. The maximum Gasteiger partial charge on any atom is 0.253 e. The lowest BCUT2D eigenvalue weighted by Gasteiger charge is -2.31. The van der Waals surface area contributed by atoms with Crippen molar-refractivity contribution in [1.29, 1.82) is 0 Å². The van der Waals surface area contributed by atoms with Gasteiger partial charge >= 0.3 is 0 Å². The number of amides is 2. The summed E-state index contributed by atoms with van der Waals surface area (Å²) in [5.41, 5.74) is 1.92. The number of aromatic nitrogens is 1. The summed E-state index contributed by atoms with van der Waals surface area (Å²) in [5, 5.41) is 6.55. The molecule has 25 heavy (non-hydrogen) atoms. The highest BCUT2D eigenvalue weighted by Gasteiger charge is 2.28. The molecule has 0 radical (unpaired) electrons. The summed E-state index contributed by atoms with van der Waals surface area (Å²) in [6.45, 7) is 5.04. The zero-order valence-corrected chi connectivity index (χ0v) is 14.6. The summed E-state index contributed by atoms with van der Waals surface area (Å²) in [6.07, 6.45) is 2.27. The number of rotatable bonds is 4. The van der Waals surface area contributed by atoms with Gasteiger partial charge in [-0.2, -0.15) is 0 Å². The standard InChI is InChI=1S/C19H23N3O3/c1-3-14-4-6-16(7-5-14)19(24)22-10-8-15(9-11-22)18(23)20-17-12-13(2)25-21-17/h4-7,12,15H,3,8-11H2,1-2H3,(H,20,21,23). The van der Waals surface area contributed by atoms with E-state index in [1.165, 1.54) is 5.56 Å². The molecule has 132 valence electrons. The largest absolute Gasteiger partial charge is 0.360 e. The van der Waals surface area contributed by atoms with Crippen molar-refractivity contribution in [3.8, 4) is 0 Å². The summed E-state index contributed by atoms with van der Waals surface area (Å²) in [7, 11) is 0. The van der Waals surface area contributed by atoms with Crippen molar-refractivity contribution >= 4 is 17.6 Å². The predicted molar refractivity (Wildman–Crippen MR) is 94.3 cm³/mol. The van der Waals surface area contributed by atoms with Gasteiger partial charge in [-0.05, 0) is 43.9 Å². The fraction of sp³-hybridized carbons (Fsp3) is 0.421. The molecule has 6 nitrogen and oxygen atoms in total. The minimum Gasteiger partial charge on any atom is -0.360 e. The molecule has 1 fully saturated rings. The van der Waals surface area contributed by atoms with E-state index < -0.39 is 0 Å². The molecule has 3 rings (SSSR count). The third-order valence-electron chi connectivity index (χ3n) is 4.64. The van der Waals surface area contributed by atoms with E-state index in [1.807, 2.05) is 29.2 Å². The highest BCUT2D eigenvalue weighted by molar-refractivity contribution is 5.95. The Morgan fingerprint density at radius 2 is 1.92 bits per heavy atom. The molecular weight excluding hydrogens is 318 g/mol. The number of nitrogens with zero attached hydrogens (tertiary/aromatic N) is 2. The molecule has 0 atom stereocenters. The minimum atomic E-state index is -0.108. The first-order chi connectivity index (χ1) is 12.1. The van der Waals surface area contributed by atoms with Gasteiger partial charge in [0, 0.05) is 30.6 Å². The van der Waals surface area contributed by atoms with Gasteiger partial charge in [0.2, 0.25) is 5.91 Å². The Labute approximate surface area is 147 Å². The Bertz CT molecular complexity index is 744. The number of likely N-dealkylation sites (tertiary alicyclic amines) is 1. The molecule has 1 aliphatic rings. The molecule has 0 unspecified atom stereocenters. The molecule has 1 aromatic heterocycles. The van der Waals surface area contributed by atoms with E-state index in [1.54, 1.807) is 13.0 Å². The maximum atomic E-state index is 12.6. The van der Waals surface area contributed by atoms with Crippen molar-refractivity contribution in [2.75, 3.05) is 18.4 Å². The third kappa shape index (κ3) is 4.07. The predicted octanol–water partition coefficient (Wildman–Crippen LogP) is 3.04. The quantitative estimate of drug-likeness (QED) is 0.927. The monoisotopic (exact) mass is 341 g/mol. The highest BCUT2D eigenvalue weighted by atomic mass is 16.5. The number of piperidine rings is 1. The molecule has 6 heteroatoms. The topological polar surface area (TPSA) is 75.4 Å². The van der Waals surface area contributed by atoms with E-state index in [2.05, 4.69) is 17.4 Å². The molecule has 1 N–H and O–H groups in total. The number of aryl methyl sites for hydroxylation is 2. The van der Waals surface area contributed by atoms with Crippen LogP contribution in [0.15, 0.2) is 34.9 Å². The van der Waals surface area contributed by atoms with Crippen molar-refractivity contribution in [2.24, 2.45) is 5.92 Å². The van der Waals surface area contributed by atoms with Crippen LogP contribution in [-0.2, 0) is 11.2 Å². The van der Waals surface area contributed by atoms with Gasteiger partial charge in [0.25, 0.3) is 5.91 Å². The van der Waals surface area contributed by atoms with Crippen molar-refractivity contribution in [3.05, 3.63) is 47.2 Å². The Kier molecular flexibility index (Phi) is 5.16. The second-order valence-corrected chi connectivity index (χ2v) is 6.43. The molecule has 0 saturated carbocycles. The lowest BCUT2D eigenvalue weighted by atomic mass is 9.95. The molecular formula is C19H23N3O3. The number of hydrogen-bond donors (Lipinski definition) is 1. The number of nitrogens with one attached hydrogen (secondary N) is 1. The summed E-state index contributed by atoms with van der Waals surface area (Å²) < 4.78 is 4.95. The Balaban J connectivity index is 1.53. The first-order valence-corrected chi connectivity index (χ1v) is 8.69. The van der Waals surface area contributed by atoms with Crippen molar-refractivity contribution < 1.29 is 14.1 Å². The smallest absolute Gasteiger partial charge is 0.253 e. The van der Waals surface area contributed by atoms with Gasteiger partial charge in [-0.25, -0.2) is 0 Å². The van der Waals surface area contributed by atoms with E-state index >= 15 is 0 Å². The van der Waals surface area contributed by atoms with Crippen molar-refractivity contribution in [2.45, 2.75) is 33.1 Å². The molecule has 0 aliphatic carbocycles.